The average Bonchev–Trinajstić information content (AvgIpc) is 2.54. The van der Waals surface area contributed by atoms with Gasteiger partial charge in [0.25, 0.3) is 0 Å². The molecule has 0 heterocycles. The zero-order chi connectivity index (χ0) is 17.7. The summed E-state index contributed by atoms with van der Waals surface area (Å²) < 4.78 is 0. The monoisotopic (exact) mass is 309 g/mol. The van der Waals surface area contributed by atoms with E-state index in [0.717, 1.165) is 23.0 Å². The molecular formula is C18H23N5. The van der Waals surface area contributed by atoms with Crippen LogP contribution in [0.25, 0.3) is 0 Å². The van der Waals surface area contributed by atoms with Gasteiger partial charge in [0.15, 0.2) is 0 Å². The van der Waals surface area contributed by atoms with Crippen molar-refractivity contribution < 1.29 is 0 Å². The quantitative estimate of drug-likeness (QED) is 0.493. The van der Waals surface area contributed by atoms with Crippen LogP contribution in [0, 0.1) is 28.1 Å². The summed E-state index contributed by atoms with van der Waals surface area (Å²) in [7, 11) is 0. The molecule has 120 valence electrons. The fourth-order valence-electron chi connectivity index (χ4n) is 2.09. The van der Waals surface area contributed by atoms with Crippen LogP contribution in [0.5, 0.6) is 0 Å². The number of hydrogen-bond acceptors (Lipinski definition) is 4. The number of rotatable bonds is 6. The van der Waals surface area contributed by atoms with Gasteiger partial charge in [0.1, 0.15) is 6.34 Å². The summed E-state index contributed by atoms with van der Waals surface area (Å²) >= 11 is 0. The van der Waals surface area contributed by atoms with Crippen LogP contribution in [-0.2, 0) is 17.4 Å². The van der Waals surface area contributed by atoms with Crippen LogP contribution in [-0.4, -0.2) is 17.6 Å². The van der Waals surface area contributed by atoms with E-state index in [1.165, 1.54) is 5.01 Å². The first-order chi connectivity index (χ1) is 10.7. The first-order valence-corrected chi connectivity index (χ1v) is 7.43. The largest absolute Gasteiger partial charge is 0.290 e. The maximum absolute atomic E-state index is 9.42. The van der Waals surface area contributed by atoms with Crippen LogP contribution in [0.2, 0.25) is 0 Å². The summed E-state index contributed by atoms with van der Waals surface area (Å²) in [6, 6.07) is 10.4. The van der Waals surface area contributed by atoms with Crippen LogP contribution in [0.4, 0.5) is 0 Å². The molecule has 0 aromatic heterocycles. The third kappa shape index (κ3) is 4.40. The van der Waals surface area contributed by atoms with E-state index in [0.29, 0.717) is 6.54 Å². The molecule has 0 aliphatic rings. The van der Waals surface area contributed by atoms with Gasteiger partial charge in [-0.25, -0.2) is 0 Å². The van der Waals surface area contributed by atoms with Gasteiger partial charge in [-0.1, -0.05) is 18.2 Å². The summed E-state index contributed by atoms with van der Waals surface area (Å²) in [5, 5.41) is 31.9. The summed E-state index contributed by atoms with van der Waals surface area (Å²) in [5.41, 5.74) is 1.33. The lowest BCUT2D eigenvalue weighted by Gasteiger charge is -2.24. The Labute approximate surface area is 138 Å². The van der Waals surface area contributed by atoms with Gasteiger partial charge in [-0.2, -0.15) is 15.6 Å². The second kappa shape index (κ2) is 7.07. The minimum absolute atomic E-state index is 0.414. The smallest absolute Gasteiger partial charge is 0.103 e. The van der Waals surface area contributed by atoms with Crippen LogP contribution >= 0.6 is 0 Å². The molecule has 1 aromatic carbocycles. The fraction of sp³-hybridized carbons (Fsp3) is 0.444. The Bertz CT molecular complexity index is 642. The van der Waals surface area contributed by atoms with Crippen molar-refractivity contribution in [2.75, 3.05) is 0 Å². The van der Waals surface area contributed by atoms with E-state index in [2.05, 4.69) is 17.2 Å². The van der Waals surface area contributed by atoms with Crippen LogP contribution in [0.1, 0.15) is 51.3 Å². The molecule has 0 unspecified atom stereocenters. The van der Waals surface area contributed by atoms with Gasteiger partial charge in [0.05, 0.1) is 29.5 Å². The highest BCUT2D eigenvalue weighted by Crippen LogP contribution is 2.30. The highest BCUT2D eigenvalue weighted by atomic mass is 15.4. The van der Waals surface area contributed by atoms with Gasteiger partial charge in [-0.3, -0.25) is 10.4 Å². The lowest BCUT2D eigenvalue weighted by Crippen LogP contribution is -2.21. The van der Waals surface area contributed by atoms with Crippen molar-refractivity contribution in [2.24, 2.45) is 5.10 Å². The van der Waals surface area contributed by atoms with E-state index in [1.807, 2.05) is 45.9 Å². The molecule has 0 aliphatic carbocycles. The molecule has 0 bridgehead atoms. The maximum atomic E-state index is 9.42. The number of hydrazone groups is 1. The normalized spacial score (nSPS) is 11.8. The molecule has 23 heavy (non-hydrogen) atoms. The van der Waals surface area contributed by atoms with E-state index in [-0.39, 0.29) is 0 Å². The zero-order valence-electron chi connectivity index (χ0n) is 14.4. The molecule has 1 N–H and O–H groups in total. The van der Waals surface area contributed by atoms with E-state index in [4.69, 9.17) is 5.41 Å². The highest BCUT2D eigenvalue weighted by molar-refractivity contribution is 5.58. The fourth-order valence-corrected chi connectivity index (χ4v) is 2.09. The predicted octanol–water partition coefficient (Wildman–Crippen LogP) is 3.70. The number of nitrogens with zero attached hydrogens (tertiary/aromatic N) is 4. The van der Waals surface area contributed by atoms with E-state index >= 15 is 0 Å². The Morgan fingerprint density at radius 2 is 1.57 bits per heavy atom. The topological polar surface area (TPSA) is 87.0 Å². The number of benzene rings is 1. The number of hydrogen-bond donors (Lipinski definition) is 1. The molecule has 0 saturated carbocycles. The van der Waals surface area contributed by atoms with Gasteiger partial charge in [0, 0.05) is 6.21 Å². The van der Waals surface area contributed by atoms with E-state index in [1.54, 1.807) is 13.1 Å². The van der Waals surface area contributed by atoms with Gasteiger partial charge in [-0.05, 0) is 51.3 Å². The Kier molecular flexibility index (Phi) is 5.65. The zero-order valence-corrected chi connectivity index (χ0v) is 14.4. The molecule has 0 saturated heterocycles. The van der Waals surface area contributed by atoms with Gasteiger partial charge in [-0.15, -0.1) is 0 Å². The summed E-state index contributed by atoms with van der Waals surface area (Å²) in [6.45, 7) is 9.62. The van der Waals surface area contributed by atoms with Crippen molar-refractivity contribution in [2.45, 2.75) is 52.0 Å². The van der Waals surface area contributed by atoms with Gasteiger partial charge >= 0.3 is 0 Å². The molecule has 5 nitrogen and oxygen atoms in total. The second-order valence-corrected chi connectivity index (χ2v) is 6.49. The molecule has 0 radical (unpaired) electrons. The number of nitriles is 2. The van der Waals surface area contributed by atoms with Crippen molar-refractivity contribution in [3.63, 3.8) is 0 Å². The SMILES string of the molecule is C/C=N\N(C=N)Cc1cc(C(C)(C)C#N)cc(C(C)(C)C#N)c1. The molecule has 0 aliphatic heterocycles. The molecule has 5 heteroatoms. The molecule has 1 rings (SSSR count). The standard InChI is InChI=1S/C18H23N5/c1-6-22-23(13-21)10-14-7-15(17(2,3)11-19)9-16(8-14)18(4,5)12-20/h6-9,13,21H,10H2,1-5H3/b21-13?,22-6-. The van der Waals surface area contributed by atoms with Crippen LogP contribution in [0.3, 0.4) is 0 Å². The Morgan fingerprint density at radius 1 is 1.09 bits per heavy atom. The third-order valence-corrected chi connectivity index (χ3v) is 3.75. The molecule has 1 aromatic rings. The molecule has 0 fully saturated rings. The Balaban J connectivity index is 3.45. The van der Waals surface area contributed by atoms with Crippen LogP contribution in [0.15, 0.2) is 23.3 Å². The summed E-state index contributed by atoms with van der Waals surface area (Å²) in [4.78, 5) is 0. The molecule has 0 spiro atoms. The van der Waals surface area contributed by atoms with Crippen molar-refractivity contribution in [1.29, 1.82) is 15.9 Å². The minimum Gasteiger partial charge on any atom is -0.290 e. The van der Waals surface area contributed by atoms with Gasteiger partial charge < -0.3 is 0 Å². The number of nitrogens with one attached hydrogen (secondary N) is 1. The summed E-state index contributed by atoms with van der Waals surface area (Å²) in [5.74, 6) is 0. The van der Waals surface area contributed by atoms with Crippen molar-refractivity contribution in [3.8, 4) is 12.1 Å². The molecular weight excluding hydrogens is 286 g/mol. The predicted molar refractivity (Wildman–Crippen MR) is 92.2 cm³/mol. The van der Waals surface area contributed by atoms with Crippen molar-refractivity contribution in [3.05, 3.63) is 34.9 Å². The maximum Gasteiger partial charge on any atom is 0.103 e. The average molecular weight is 309 g/mol. The molecule has 0 atom stereocenters. The van der Waals surface area contributed by atoms with Crippen molar-refractivity contribution in [1.82, 2.24) is 5.01 Å². The van der Waals surface area contributed by atoms with E-state index < -0.39 is 10.8 Å². The van der Waals surface area contributed by atoms with Crippen LogP contribution < -0.4 is 0 Å². The molecule has 0 amide bonds. The van der Waals surface area contributed by atoms with E-state index in [9.17, 15) is 10.5 Å². The van der Waals surface area contributed by atoms with Crippen molar-refractivity contribution >= 4 is 12.6 Å². The third-order valence-electron chi connectivity index (χ3n) is 3.75. The van der Waals surface area contributed by atoms with Gasteiger partial charge in [0.2, 0.25) is 0 Å². The Hall–Kier alpha value is -2.66. The Morgan fingerprint density at radius 3 is 1.91 bits per heavy atom. The first-order valence-electron chi connectivity index (χ1n) is 7.43. The second-order valence-electron chi connectivity index (χ2n) is 6.49. The first kappa shape index (κ1) is 18.4. The minimum atomic E-state index is -0.653. The lowest BCUT2D eigenvalue weighted by atomic mass is 9.79. The summed E-state index contributed by atoms with van der Waals surface area (Å²) in [6.07, 6.45) is 2.77. The highest BCUT2D eigenvalue weighted by Gasteiger charge is 2.26. The lowest BCUT2D eigenvalue weighted by molar-refractivity contribution is 0.451.